The molecule has 3 heteroatoms. The Morgan fingerprint density at radius 1 is 1.16 bits per heavy atom. The number of rotatable bonds is 6. The van der Waals surface area contributed by atoms with Gasteiger partial charge in [0.25, 0.3) is 0 Å². The van der Waals surface area contributed by atoms with Gasteiger partial charge in [0, 0.05) is 19.0 Å². The minimum absolute atomic E-state index is 0.824. The standard InChI is InChI=1S/C16H26N2O/c1-2-15-5-6-16(19-15)12-18(14-3-4-14)11-13-7-9-17-10-8-13/h5-6,13-14,17H,2-4,7-12H2,1H3. The molecule has 3 nitrogen and oxygen atoms in total. The van der Waals surface area contributed by atoms with Crippen LogP contribution in [0, 0.1) is 5.92 Å². The van der Waals surface area contributed by atoms with Gasteiger partial charge in [-0.1, -0.05) is 6.92 Å². The molecule has 1 saturated carbocycles. The maximum absolute atomic E-state index is 5.88. The van der Waals surface area contributed by atoms with Crippen molar-refractivity contribution in [1.29, 1.82) is 0 Å². The van der Waals surface area contributed by atoms with Crippen molar-refractivity contribution in [3.05, 3.63) is 23.7 Å². The van der Waals surface area contributed by atoms with E-state index in [2.05, 4.69) is 29.3 Å². The quantitative estimate of drug-likeness (QED) is 0.854. The number of nitrogens with zero attached hydrogens (tertiary/aromatic N) is 1. The lowest BCUT2D eigenvalue weighted by Crippen LogP contribution is -2.36. The molecule has 0 amide bonds. The Kier molecular flexibility index (Phi) is 4.24. The van der Waals surface area contributed by atoms with Crippen LogP contribution in [0.25, 0.3) is 0 Å². The van der Waals surface area contributed by atoms with Gasteiger partial charge in [-0.25, -0.2) is 0 Å². The van der Waals surface area contributed by atoms with E-state index in [4.69, 9.17) is 4.42 Å². The maximum Gasteiger partial charge on any atom is 0.118 e. The van der Waals surface area contributed by atoms with Crippen molar-refractivity contribution in [1.82, 2.24) is 10.2 Å². The Morgan fingerprint density at radius 2 is 1.89 bits per heavy atom. The molecule has 0 radical (unpaired) electrons. The average molecular weight is 262 g/mol. The molecule has 2 fully saturated rings. The molecule has 1 saturated heterocycles. The van der Waals surface area contributed by atoms with Crippen LogP contribution in [0.15, 0.2) is 16.5 Å². The van der Waals surface area contributed by atoms with E-state index < -0.39 is 0 Å². The van der Waals surface area contributed by atoms with Crippen molar-refractivity contribution in [2.24, 2.45) is 5.92 Å². The third kappa shape index (κ3) is 3.61. The van der Waals surface area contributed by atoms with Crippen LogP contribution in [0.5, 0.6) is 0 Å². The molecule has 1 aromatic rings. The van der Waals surface area contributed by atoms with E-state index in [1.165, 1.54) is 45.3 Å². The number of nitrogens with one attached hydrogen (secondary N) is 1. The summed E-state index contributed by atoms with van der Waals surface area (Å²) in [5, 5.41) is 3.46. The van der Waals surface area contributed by atoms with E-state index in [0.717, 1.165) is 36.4 Å². The molecular weight excluding hydrogens is 236 g/mol. The summed E-state index contributed by atoms with van der Waals surface area (Å²) in [4.78, 5) is 2.66. The molecule has 0 bridgehead atoms. The van der Waals surface area contributed by atoms with Gasteiger partial charge in [0.1, 0.15) is 11.5 Å². The van der Waals surface area contributed by atoms with Gasteiger partial charge >= 0.3 is 0 Å². The Labute approximate surface area is 116 Å². The second-order valence-corrected chi connectivity index (χ2v) is 6.08. The summed E-state index contributed by atoms with van der Waals surface area (Å²) in [5.74, 6) is 3.15. The monoisotopic (exact) mass is 262 g/mol. The predicted octanol–water partition coefficient (Wildman–Crippen LogP) is 2.81. The number of hydrogen-bond donors (Lipinski definition) is 1. The van der Waals surface area contributed by atoms with Gasteiger partial charge in [-0.05, 0) is 56.8 Å². The van der Waals surface area contributed by atoms with Crippen LogP contribution in [-0.2, 0) is 13.0 Å². The van der Waals surface area contributed by atoms with Crippen LogP contribution in [-0.4, -0.2) is 30.6 Å². The zero-order chi connectivity index (χ0) is 13.1. The van der Waals surface area contributed by atoms with E-state index in [-0.39, 0.29) is 0 Å². The normalized spacial score (nSPS) is 21.2. The highest BCUT2D eigenvalue weighted by Gasteiger charge is 2.31. The van der Waals surface area contributed by atoms with Crippen LogP contribution in [0.3, 0.4) is 0 Å². The van der Waals surface area contributed by atoms with Crippen LogP contribution in [0.4, 0.5) is 0 Å². The lowest BCUT2D eigenvalue weighted by molar-refractivity contribution is 0.177. The molecule has 0 aromatic carbocycles. The first kappa shape index (κ1) is 13.2. The van der Waals surface area contributed by atoms with Gasteiger partial charge in [-0.15, -0.1) is 0 Å². The molecule has 19 heavy (non-hydrogen) atoms. The largest absolute Gasteiger partial charge is 0.465 e. The fraction of sp³-hybridized carbons (Fsp3) is 0.750. The van der Waals surface area contributed by atoms with Gasteiger partial charge in [0.15, 0.2) is 0 Å². The molecule has 0 spiro atoms. The zero-order valence-electron chi connectivity index (χ0n) is 12.0. The van der Waals surface area contributed by atoms with Crippen molar-refractivity contribution >= 4 is 0 Å². The van der Waals surface area contributed by atoms with Gasteiger partial charge in [-0.2, -0.15) is 0 Å². The summed E-state index contributed by atoms with van der Waals surface area (Å²) in [6.45, 7) is 6.81. The first-order valence-corrected chi connectivity index (χ1v) is 7.87. The third-order valence-electron chi connectivity index (χ3n) is 4.44. The second-order valence-electron chi connectivity index (χ2n) is 6.08. The highest BCUT2D eigenvalue weighted by atomic mass is 16.3. The van der Waals surface area contributed by atoms with Crippen LogP contribution < -0.4 is 5.32 Å². The summed E-state index contributed by atoms with van der Waals surface area (Å²) in [6, 6.07) is 5.12. The second kappa shape index (κ2) is 6.10. The van der Waals surface area contributed by atoms with Crippen LogP contribution in [0.2, 0.25) is 0 Å². The number of piperidine rings is 1. The maximum atomic E-state index is 5.88. The fourth-order valence-electron chi connectivity index (χ4n) is 3.08. The molecule has 2 aliphatic rings. The third-order valence-corrected chi connectivity index (χ3v) is 4.44. The molecule has 2 heterocycles. The minimum atomic E-state index is 0.824. The molecule has 1 aromatic heterocycles. The fourth-order valence-corrected chi connectivity index (χ4v) is 3.08. The summed E-state index contributed by atoms with van der Waals surface area (Å²) < 4.78 is 5.88. The molecule has 1 aliphatic carbocycles. The number of aryl methyl sites for hydroxylation is 1. The van der Waals surface area contributed by atoms with Crippen molar-refractivity contribution < 1.29 is 4.42 Å². The van der Waals surface area contributed by atoms with Crippen molar-refractivity contribution in [3.63, 3.8) is 0 Å². The molecule has 0 unspecified atom stereocenters. The number of furan rings is 1. The lowest BCUT2D eigenvalue weighted by atomic mass is 9.97. The van der Waals surface area contributed by atoms with Crippen molar-refractivity contribution in [2.75, 3.05) is 19.6 Å². The van der Waals surface area contributed by atoms with Gasteiger partial charge < -0.3 is 9.73 Å². The summed E-state index contributed by atoms with van der Waals surface area (Å²) >= 11 is 0. The van der Waals surface area contributed by atoms with Gasteiger partial charge in [0.05, 0.1) is 6.54 Å². The van der Waals surface area contributed by atoms with Gasteiger partial charge in [-0.3, -0.25) is 4.90 Å². The molecule has 106 valence electrons. The zero-order valence-corrected chi connectivity index (χ0v) is 12.0. The first-order valence-electron chi connectivity index (χ1n) is 7.87. The van der Waals surface area contributed by atoms with Gasteiger partial charge in [0.2, 0.25) is 0 Å². The Bertz CT molecular complexity index is 391. The van der Waals surface area contributed by atoms with E-state index in [0.29, 0.717) is 0 Å². The van der Waals surface area contributed by atoms with Crippen molar-refractivity contribution in [2.45, 2.75) is 51.6 Å². The highest BCUT2D eigenvalue weighted by Crippen LogP contribution is 2.30. The number of hydrogen-bond acceptors (Lipinski definition) is 3. The SMILES string of the molecule is CCc1ccc(CN(CC2CCNCC2)C2CC2)o1. The van der Waals surface area contributed by atoms with Crippen molar-refractivity contribution in [3.8, 4) is 0 Å². The molecule has 0 atom stereocenters. The summed E-state index contributed by atoms with van der Waals surface area (Å²) in [5.41, 5.74) is 0. The van der Waals surface area contributed by atoms with E-state index in [9.17, 15) is 0 Å². The predicted molar refractivity (Wildman–Crippen MR) is 77.1 cm³/mol. The molecular formula is C16H26N2O. The average Bonchev–Trinajstić information content (AvgIpc) is 3.20. The lowest BCUT2D eigenvalue weighted by Gasteiger charge is -2.29. The molecule has 1 aliphatic heterocycles. The molecule has 1 N–H and O–H groups in total. The Balaban J connectivity index is 1.57. The van der Waals surface area contributed by atoms with E-state index >= 15 is 0 Å². The summed E-state index contributed by atoms with van der Waals surface area (Å²) in [6.07, 6.45) is 6.43. The van der Waals surface area contributed by atoms with E-state index in [1.807, 2.05) is 0 Å². The summed E-state index contributed by atoms with van der Waals surface area (Å²) in [7, 11) is 0. The minimum Gasteiger partial charge on any atom is -0.465 e. The first-order chi connectivity index (χ1) is 9.35. The smallest absolute Gasteiger partial charge is 0.118 e. The Hall–Kier alpha value is -0.800. The topological polar surface area (TPSA) is 28.4 Å². The van der Waals surface area contributed by atoms with E-state index in [1.54, 1.807) is 0 Å². The van der Waals surface area contributed by atoms with Crippen LogP contribution >= 0.6 is 0 Å². The highest BCUT2D eigenvalue weighted by molar-refractivity contribution is 5.07. The van der Waals surface area contributed by atoms with Crippen LogP contribution in [0.1, 0.15) is 44.1 Å². The Morgan fingerprint density at radius 3 is 2.53 bits per heavy atom. The molecule has 3 rings (SSSR count).